The molecule has 0 aliphatic carbocycles. The minimum absolute atomic E-state index is 0.221. The van der Waals surface area contributed by atoms with E-state index in [1.54, 1.807) is 0 Å². The molecule has 2 rings (SSSR count). The first-order valence-electron chi connectivity index (χ1n) is 6.76. The number of carbonyl (C=O) groups excluding carboxylic acids is 1. The van der Waals surface area contributed by atoms with Gasteiger partial charge in [-0.2, -0.15) is 0 Å². The molecule has 1 saturated heterocycles. The Kier molecular flexibility index (Phi) is 5.36. The summed E-state index contributed by atoms with van der Waals surface area (Å²) < 4.78 is 10.4. The molecule has 0 spiro atoms. The number of methoxy groups -OCH3 is 1. The smallest absolute Gasteiger partial charge is 0.323 e. The average molecular weight is 263 g/mol. The van der Waals surface area contributed by atoms with Gasteiger partial charge in [0.1, 0.15) is 6.04 Å². The maximum Gasteiger partial charge on any atom is 0.323 e. The number of carbonyl (C=O) groups is 1. The van der Waals surface area contributed by atoms with E-state index in [1.807, 2.05) is 30.3 Å². The molecule has 19 heavy (non-hydrogen) atoms. The van der Waals surface area contributed by atoms with E-state index in [0.717, 1.165) is 25.0 Å². The van der Waals surface area contributed by atoms with E-state index >= 15 is 0 Å². The predicted octanol–water partition coefficient (Wildman–Crippen LogP) is 1.54. The van der Waals surface area contributed by atoms with Crippen LogP contribution in [-0.2, 0) is 20.7 Å². The third-order valence-electron chi connectivity index (χ3n) is 3.38. The van der Waals surface area contributed by atoms with Gasteiger partial charge in [-0.15, -0.1) is 0 Å². The lowest BCUT2D eigenvalue weighted by Crippen LogP contribution is -2.43. The summed E-state index contributed by atoms with van der Waals surface area (Å²) in [5.41, 5.74) is 1.12. The molecular formula is C15H21NO3. The zero-order chi connectivity index (χ0) is 13.5. The van der Waals surface area contributed by atoms with Gasteiger partial charge in [0.15, 0.2) is 0 Å². The van der Waals surface area contributed by atoms with Crippen LogP contribution in [0.25, 0.3) is 0 Å². The molecule has 4 nitrogen and oxygen atoms in total. The fourth-order valence-electron chi connectivity index (χ4n) is 2.31. The van der Waals surface area contributed by atoms with Gasteiger partial charge in [0, 0.05) is 13.2 Å². The number of ether oxygens (including phenoxy) is 2. The molecule has 1 aromatic carbocycles. The van der Waals surface area contributed by atoms with Crippen molar-refractivity contribution in [3.05, 3.63) is 35.9 Å². The molecule has 1 N–H and O–H groups in total. The molecule has 0 radical (unpaired) electrons. The van der Waals surface area contributed by atoms with Crippen LogP contribution < -0.4 is 5.32 Å². The highest BCUT2D eigenvalue weighted by Gasteiger charge is 2.22. The van der Waals surface area contributed by atoms with E-state index < -0.39 is 0 Å². The molecule has 4 heteroatoms. The molecule has 2 atom stereocenters. The Morgan fingerprint density at radius 3 is 2.89 bits per heavy atom. The highest BCUT2D eigenvalue weighted by atomic mass is 16.5. The Balaban J connectivity index is 1.89. The van der Waals surface area contributed by atoms with Gasteiger partial charge >= 0.3 is 5.97 Å². The van der Waals surface area contributed by atoms with Gasteiger partial charge in [-0.25, -0.2) is 0 Å². The number of nitrogens with one attached hydrogen (secondary N) is 1. The fourth-order valence-corrected chi connectivity index (χ4v) is 2.31. The lowest BCUT2D eigenvalue weighted by molar-refractivity contribution is -0.143. The zero-order valence-electron chi connectivity index (χ0n) is 11.3. The number of hydrogen-bond acceptors (Lipinski definition) is 4. The molecule has 0 bridgehead atoms. The summed E-state index contributed by atoms with van der Waals surface area (Å²) in [6, 6.07) is 9.65. The van der Waals surface area contributed by atoms with Crippen LogP contribution in [-0.4, -0.2) is 38.4 Å². The number of rotatable bonds is 6. The molecule has 1 aliphatic rings. The van der Waals surface area contributed by atoms with Crippen molar-refractivity contribution in [3.63, 3.8) is 0 Å². The summed E-state index contributed by atoms with van der Waals surface area (Å²) in [4.78, 5) is 11.8. The maximum absolute atomic E-state index is 11.8. The highest BCUT2D eigenvalue weighted by molar-refractivity contribution is 5.76. The summed E-state index contributed by atoms with van der Waals surface area (Å²) in [5.74, 6) is -0.221. The van der Waals surface area contributed by atoms with E-state index in [4.69, 9.17) is 9.47 Å². The normalized spacial score (nSPS) is 20.2. The van der Waals surface area contributed by atoms with Crippen molar-refractivity contribution in [2.24, 2.45) is 0 Å². The predicted molar refractivity (Wildman–Crippen MR) is 72.9 cm³/mol. The Bertz CT molecular complexity index is 388. The van der Waals surface area contributed by atoms with Crippen LogP contribution in [0, 0.1) is 0 Å². The van der Waals surface area contributed by atoms with Crippen molar-refractivity contribution >= 4 is 5.97 Å². The van der Waals surface area contributed by atoms with Crippen LogP contribution in [0.15, 0.2) is 30.3 Å². The summed E-state index contributed by atoms with van der Waals surface area (Å²) in [6.07, 6.45) is 3.03. The van der Waals surface area contributed by atoms with Crippen molar-refractivity contribution in [1.29, 1.82) is 0 Å². The van der Waals surface area contributed by atoms with Crippen LogP contribution >= 0.6 is 0 Å². The first-order chi connectivity index (χ1) is 9.29. The molecule has 1 aromatic rings. The van der Waals surface area contributed by atoms with Crippen molar-refractivity contribution in [2.75, 3.05) is 20.3 Å². The average Bonchev–Trinajstić information content (AvgIpc) is 2.97. The lowest BCUT2D eigenvalue weighted by atomic mass is 10.1. The molecule has 1 fully saturated rings. The standard InChI is InChI=1S/C15H21NO3/c1-18-15(17)14(10-12-6-3-2-4-7-12)16-11-13-8-5-9-19-13/h2-4,6-7,13-14,16H,5,8-11H2,1H3. The number of benzene rings is 1. The Hall–Kier alpha value is -1.39. The second-order valence-electron chi connectivity index (χ2n) is 4.81. The summed E-state index contributed by atoms with van der Waals surface area (Å²) >= 11 is 0. The Morgan fingerprint density at radius 1 is 1.47 bits per heavy atom. The van der Waals surface area contributed by atoms with Gasteiger partial charge in [-0.05, 0) is 24.8 Å². The Labute approximate surface area is 114 Å². The van der Waals surface area contributed by atoms with Gasteiger partial charge in [-0.3, -0.25) is 4.79 Å². The van der Waals surface area contributed by atoms with Crippen LogP contribution in [0.4, 0.5) is 0 Å². The van der Waals surface area contributed by atoms with Gasteiger partial charge in [0.05, 0.1) is 13.2 Å². The number of esters is 1. The monoisotopic (exact) mass is 263 g/mol. The minimum atomic E-state index is -0.309. The van der Waals surface area contributed by atoms with Gasteiger partial charge < -0.3 is 14.8 Å². The van der Waals surface area contributed by atoms with Crippen LogP contribution in [0.1, 0.15) is 18.4 Å². The third-order valence-corrected chi connectivity index (χ3v) is 3.38. The van der Waals surface area contributed by atoms with Gasteiger partial charge in [0.2, 0.25) is 0 Å². The topological polar surface area (TPSA) is 47.6 Å². The zero-order valence-corrected chi connectivity index (χ0v) is 11.3. The molecule has 1 heterocycles. The van der Waals surface area contributed by atoms with Gasteiger partial charge in [0.25, 0.3) is 0 Å². The van der Waals surface area contributed by atoms with Crippen LogP contribution in [0.3, 0.4) is 0 Å². The molecule has 0 saturated carbocycles. The molecule has 2 unspecified atom stereocenters. The second kappa shape index (κ2) is 7.26. The van der Waals surface area contributed by atoms with E-state index in [1.165, 1.54) is 7.11 Å². The van der Waals surface area contributed by atoms with Crippen molar-refractivity contribution in [2.45, 2.75) is 31.4 Å². The van der Waals surface area contributed by atoms with Crippen LogP contribution in [0.5, 0.6) is 0 Å². The minimum Gasteiger partial charge on any atom is -0.468 e. The molecule has 0 aromatic heterocycles. The SMILES string of the molecule is COC(=O)C(Cc1ccccc1)NCC1CCCO1. The van der Waals surface area contributed by atoms with E-state index in [0.29, 0.717) is 13.0 Å². The number of hydrogen-bond donors (Lipinski definition) is 1. The maximum atomic E-state index is 11.8. The van der Waals surface area contributed by atoms with Crippen LogP contribution in [0.2, 0.25) is 0 Å². The Morgan fingerprint density at radius 2 is 2.26 bits per heavy atom. The van der Waals surface area contributed by atoms with E-state index in [2.05, 4.69) is 5.32 Å². The van der Waals surface area contributed by atoms with E-state index in [-0.39, 0.29) is 18.1 Å². The van der Waals surface area contributed by atoms with Crippen molar-refractivity contribution in [3.8, 4) is 0 Å². The lowest BCUT2D eigenvalue weighted by Gasteiger charge is -2.19. The highest BCUT2D eigenvalue weighted by Crippen LogP contribution is 2.11. The van der Waals surface area contributed by atoms with Crippen molar-refractivity contribution < 1.29 is 14.3 Å². The quantitative estimate of drug-likeness (QED) is 0.791. The fraction of sp³-hybridized carbons (Fsp3) is 0.533. The largest absolute Gasteiger partial charge is 0.468 e. The second-order valence-corrected chi connectivity index (χ2v) is 4.81. The first-order valence-corrected chi connectivity index (χ1v) is 6.76. The molecule has 104 valence electrons. The summed E-state index contributed by atoms with van der Waals surface area (Å²) in [5, 5.41) is 3.26. The molecular weight excluding hydrogens is 242 g/mol. The van der Waals surface area contributed by atoms with E-state index in [9.17, 15) is 4.79 Å². The van der Waals surface area contributed by atoms with Gasteiger partial charge in [-0.1, -0.05) is 30.3 Å². The summed E-state index contributed by atoms with van der Waals surface area (Å²) in [7, 11) is 1.42. The van der Waals surface area contributed by atoms with Crippen molar-refractivity contribution in [1.82, 2.24) is 5.32 Å². The first kappa shape index (κ1) is 14.0. The molecule has 1 aliphatic heterocycles. The summed E-state index contributed by atoms with van der Waals surface area (Å²) in [6.45, 7) is 1.53. The third kappa shape index (κ3) is 4.33. The molecule has 0 amide bonds.